The molecule has 3 N–H and O–H groups in total. The summed E-state index contributed by atoms with van der Waals surface area (Å²) >= 11 is 5.24. The van der Waals surface area contributed by atoms with Crippen LogP contribution in [0.25, 0.3) is 0 Å². The molecule has 1 aliphatic rings. The van der Waals surface area contributed by atoms with Gasteiger partial charge in [-0.2, -0.15) is 5.01 Å². The molecule has 3 amide bonds. The molecule has 2 aromatic rings. The summed E-state index contributed by atoms with van der Waals surface area (Å²) in [6, 6.07) is 16.3. The van der Waals surface area contributed by atoms with Gasteiger partial charge in [0, 0.05) is 5.69 Å². The zero-order valence-corrected chi connectivity index (χ0v) is 15.4. The summed E-state index contributed by atoms with van der Waals surface area (Å²) in [5.41, 5.74) is 4.23. The number of rotatable bonds is 4. The number of nitrogens with one attached hydrogen (secondary N) is 3. The van der Waals surface area contributed by atoms with Gasteiger partial charge in [-0.05, 0) is 48.8 Å². The number of hydrogen-bond donors (Lipinski definition) is 3. The van der Waals surface area contributed by atoms with E-state index in [1.165, 1.54) is 5.56 Å². The molecule has 0 radical (unpaired) electrons. The van der Waals surface area contributed by atoms with Crippen molar-refractivity contribution < 1.29 is 9.59 Å². The van der Waals surface area contributed by atoms with Gasteiger partial charge in [-0.3, -0.25) is 10.2 Å². The van der Waals surface area contributed by atoms with Crippen molar-refractivity contribution in [2.75, 3.05) is 5.32 Å². The Morgan fingerprint density at radius 2 is 1.77 bits per heavy atom. The molecule has 6 nitrogen and oxygen atoms in total. The molecule has 1 saturated heterocycles. The highest BCUT2D eigenvalue weighted by Gasteiger charge is 2.49. The molecule has 3 rings (SSSR count). The molecule has 0 aromatic heterocycles. The van der Waals surface area contributed by atoms with Crippen molar-refractivity contribution >= 4 is 35.0 Å². The lowest BCUT2D eigenvalue weighted by Crippen LogP contribution is -2.49. The molecule has 1 heterocycles. The number of aryl methyl sites for hydroxylation is 1. The number of anilines is 1. The van der Waals surface area contributed by atoms with Gasteiger partial charge in [0.2, 0.25) is 0 Å². The molecular formula is C19H20N4O2S. The highest BCUT2D eigenvalue weighted by atomic mass is 32.1. The quantitative estimate of drug-likeness (QED) is 0.572. The number of thiocarbonyl (C=S) groups is 1. The Morgan fingerprint density at radius 1 is 1.12 bits per heavy atom. The number of hydrazine groups is 1. The first kappa shape index (κ1) is 17.9. The van der Waals surface area contributed by atoms with Crippen molar-refractivity contribution in [3.63, 3.8) is 0 Å². The van der Waals surface area contributed by atoms with E-state index in [1.54, 1.807) is 19.1 Å². The van der Waals surface area contributed by atoms with Crippen LogP contribution in [0, 0.1) is 0 Å². The van der Waals surface area contributed by atoms with E-state index in [0.29, 0.717) is 5.56 Å². The minimum atomic E-state index is -1.14. The van der Waals surface area contributed by atoms with Crippen molar-refractivity contribution in [3.8, 4) is 0 Å². The van der Waals surface area contributed by atoms with Gasteiger partial charge in [-0.15, -0.1) is 0 Å². The Balaban J connectivity index is 1.70. The first-order chi connectivity index (χ1) is 12.4. The van der Waals surface area contributed by atoms with Crippen LogP contribution in [0.3, 0.4) is 0 Å². The van der Waals surface area contributed by atoms with Crippen LogP contribution >= 0.6 is 12.2 Å². The Bertz CT molecular complexity index is 838. The second-order valence-electron chi connectivity index (χ2n) is 6.18. The SMILES string of the molecule is CCc1ccc(NC(=S)NN2C(=O)N[C@](C)(c3ccccc3)C2=O)cc1. The maximum Gasteiger partial charge on any atom is 0.344 e. The standard InChI is InChI=1S/C19H20N4O2S/c1-3-13-9-11-15(12-10-13)20-17(26)22-23-16(24)19(2,21-18(23)25)14-7-5-4-6-8-14/h4-12H,3H2,1-2H3,(H,21,25)(H2,20,22,26)/t19-/m1/s1. The maximum absolute atomic E-state index is 12.8. The molecule has 0 spiro atoms. The largest absolute Gasteiger partial charge is 0.344 e. The van der Waals surface area contributed by atoms with E-state index in [0.717, 1.165) is 17.1 Å². The van der Waals surface area contributed by atoms with Crippen LogP contribution in [0.4, 0.5) is 10.5 Å². The van der Waals surface area contributed by atoms with Crippen LogP contribution in [-0.2, 0) is 16.8 Å². The van der Waals surface area contributed by atoms with E-state index >= 15 is 0 Å². The summed E-state index contributed by atoms with van der Waals surface area (Å²) in [4.78, 5) is 25.1. The van der Waals surface area contributed by atoms with Gasteiger partial charge >= 0.3 is 6.03 Å². The van der Waals surface area contributed by atoms with Crippen molar-refractivity contribution in [1.29, 1.82) is 0 Å². The molecule has 1 atom stereocenters. The van der Waals surface area contributed by atoms with Crippen LogP contribution in [0.1, 0.15) is 25.0 Å². The van der Waals surface area contributed by atoms with Crippen LogP contribution in [-0.4, -0.2) is 22.1 Å². The summed E-state index contributed by atoms with van der Waals surface area (Å²) in [5, 5.41) is 6.76. The number of urea groups is 1. The predicted molar refractivity (Wildman–Crippen MR) is 104 cm³/mol. The molecule has 1 fully saturated rings. The molecule has 1 aliphatic heterocycles. The summed E-state index contributed by atoms with van der Waals surface area (Å²) in [7, 11) is 0. The zero-order chi connectivity index (χ0) is 18.7. The molecule has 134 valence electrons. The molecule has 0 saturated carbocycles. The second kappa shape index (κ2) is 7.13. The van der Waals surface area contributed by atoms with E-state index < -0.39 is 17.5 Å². The highest BCUT2D eigenvalue weighted by Crippen LogP contribution is 2.27. The summed E-state index contributed by atoms with van der Waals surface area (Å²) in [6.45, 7) is 3.75. The monoisotopic (exact) mass is 368 g/mol. The normalized spacial score (nSPS) is 19.2. The molecule has 0 bridgehead atoms. The van der Waals surface area contributed by atoms with Gasteiger partial charge in [0.1, 0.15) is 5.54 Å². The fourth-order valence-corrected chi connectivity index (χ4v) is 3.00. The van der Waals surface area contributed by atoms with Crippen LogP contribution in [0.15, 0.2) is 54.6 Å². The topological polar surface area (TPSA) is 73.5 Å². The number of carbonyl (C=O) groups is 2. The third-order valence-electron chi connectivity index (χ3n) is 4.38. The lowest BCUT2D eigenvalue weighted by atomic mass is 9.92. The minimum absolute atomic E-state index is 0.162. The summed E-state index contributed by atoms with van der Waals surface area (Å²) in [6.07, 6.45) is 0.948. The fourth-order valence-electron chi connectivity index (χ4n) is 2.79. The number of nitrogens with zero attached hydrogens (tertiary/aromatic N) is 1. The average molecular weight is 368 g/mol. The number of amides is 3. The van der Waals surface area contributed by atoms with Gasteiger partial charge in [-0.25, -0.2) is 4.79 Å². The first-order valence-corrected chi connectivity index (χ1v) is 8.73. The van der Waals surface area contributed by atoms with E-state index in [4.69, 9.17) is 12.2 Å². The second-order valence-corrected chi connectivity index (χ2v) is 6.59. The number of hydrogen-bond acceptors (Lipinski definition) is 3. The van der Waals surface area contributed by atoms with E-state index in [2.05, 4.69) is 23.0 Å². The van der Waals surface area contributed by atoms with Gasteiger partial charge in [0.25, 0.3) is 5.91 Å². The van der Waals surface area contributed by atoms with E-state index in [1.807, 2.05) is 42.5 Å². The third-order valence-corrected chi connectivity index (χ3v) is 4.57. The molecule has 0 unspecified atom stereocenters. The Labute approximate surface area is 157 Å². The van der Waals surface area contributed by atoms with E-state index in [-0.39, 0.29) is 5.11 Å². The van der Waals surface area contributed by atoms with Gasteiger partial charge in [0.05, 0.1) is 0 Å². The van der Waals surface area contributed by atoms with Crippen molar-refractivity contribution in [3.05, 3.63) is 65.7 Å². The maximum atomic E-state index is 12.8. The smallest absolute Gasteiger partial charge is 0.331 e. The number of benzene rings is 2. The number of carbonyl (C=O) groups excluding carboxylic acids is 2. The van der Waals surface area contributed by atoms with Crippen LogP contribution in [0.2, 0.25) is 0 Å². The molecule has 26 heavy (non-hydrogen) atoms. The lowest BCUT2D eigenvalue weighted by molar-refractivity contribution is -0.132. The average Bonchev–Trinajstić information content (AvgIpc) is 2.87. The van der Waals surface area contributed by atoms with Crippen LogP contribution in [0.5, 0.6) is 0 Å². The van der Waals surface area contributed by atoms with E-state index in [9.17, 15) is 9.59 Å². The Kier molecular flexibility index (Phi) is 4.90. The Morgan fingerprint density at radius 3 is 2.38 bits per heavy atom. The van der Waals surface area contributed by atoms with Crippen molar-refractivity contribution in [1.82, 2.24) is 15.8 Å². The van der Waals surface area contributed by atoms with Gasteiger partial charge < -0.3 is 10.6 Å². The van der Waals surface area contributed by atoms with Crippen molar-refractivity contribution in [2.24, 2.45) is 0 Å². The molecule has 7 heteroatoms. The number of imide groups is 1. The molecule has 0 aliphatic carbocycles. The molecular weight excluding hydrogens is 348 g/mol. The first-order valence-electron chi connectivity index (χ1n) is 8.33. The van der Waals surface area contributed by atoms with Crippen LogP contribution < -0.4 is 16.1 Å². The predicted octanol–water partition coefficient (Wildman–Crippen LogP) is 2.92. The van der Waals surface area contributed by atoms with Gasteiger partial charge in [-0.1, -0.05) is 49.4 Å². The third kappa shape index (κ3) is 3.39. The summed E-state index contributed by atoms with van der Waals surface area (Å²) in [5.74, 6) is -0.417. The van der Waals surface area contributed by atoms with Crippen molar-refractivity contribution in [2.45, 2.75) is 25.8 Å². The minimum Gasteiger partial charge on any atom is -0.331 e. The lowest BCUT2D eigenvalue weighted by Gasteiger charge is -2.22. The molecule has 2 aromatic carbocycles. The van der Waals surface area contributed by atoms with Gasteiger partial charge in [0.15, 0.2) is 5.11 Å². The summed E-state index contributed by atoms with van der Waals surface area (Å²) < 4.78 is 0. The zero-order valence-electron chi connectivity index (χ0n) is 14.6. The Hall–Kier alpha value is -2.93. The highest BCUT2D eigenvalue weighted by molar-refractivity contribution is 7.80. The fraction of sp³-hybridized carbons (Fsp3) is 0.211.